The number of methoxy groups -OCH3 is 2. The minimum absolute atomic E-state index is 0.235. The molecule has 1 amide bonds. The molecule has 0 unspecified atom stereocenters. The van der Waals surface area contributed by atoms with Crippen LogP contribution in [0.2, 0.25) is 0 Å². The van der Waals surface area contributed by atoms with Gasteiger partial charge in [0.2, 0.25) is 0 Å². The SMILES string of the molecule is COC(=O)[C@@H](Cc1ccccc1OC)NC(=O)c1ccc(C#N)cc1. The lowest BCUT2D eigenvalue weighted by Crippen LogP contribution is -2.43. The summed E-state index contributed by atoms with van der Waals surface area (Å²) < 4.78 is 10.1. The van der Waals surface area contributed by atoms with Crippen molar-refractivity contribution in [1.29, 1.82) is 5.26 Å². The lowest BCUT2D eigenvalue weighted by molar-refractivity contribution is -0.142. The van der Waals surface area contributed by atoms with E-state index < -0.39 is 17.9 Å². The predicted molar refractivity (Wildman–Crippen MR) is 91.1 cm³/mol. The number of carbonyl (C=O) groups excluding carboxylic acids is 2. The number of rotatable bonds is 6. The second kappa shape index (κ2) is 8.50. The third-order valence-electron chi connectivity index (χ3n) is 3.68. The molecule has 0 aliphatic rings. The van der Waals surface area contributed by atoms with Gasteiger partial charge in [-0.15, -0.1) is 0 Å². The first-order valence-electron chi connectivity index (χ1n) is 7.59. The van der Waals surface area contributed by atoms with Gasteiger partial charge in [0.25, 0.3) is 5.91 Å². The van der Waals surface area contributed by atoms with Crippen LogP contribution in [0.15, 0.2) is 48.5 Å². The number of ether oxygens (including phenoxy) is 2. The van der Waals surface area contributed by atoms with Crippen molar-refractivity contribution in [1.82, 2.24) is 5.32 Å². The van der Waals surface area contributed by atoms with Crippen molar-refractivity contribution in [3.8, 4) is 11.8 Å². The Bertz CT molecular complexity index is 794. The molecular formula is C19H18N2O4. The first-order chi connectivity index (χ1) is 12.1. The van der Waals surface area contributed by atoms with Crippen LogP contribution in [-0.4, -0.2) is 32.1 Å². The fourth-order valence-corrected chi connectivity index (χ4v) is 2.36. The lowest BCUT2D eigenvalue weighted by Gasteiger charge is -2.18. The van der Waals surface area contributed by atoms with Crippen LogP contribution in [0.25, 0.3) is 0 Å². The summed E-state index contributed by atoms with van der Waals surface area (Å²) in [6, 6.07) is 14.5. The van der Waals surface area contributed by atoms with E-state index in [4.69, 9.17) is 14.7 Å². The lowest BCUT2D eigenvalue weighted by atomic mass is 10.0. The third kappa shape index (κ3) is 4.58. The number of esters is 1. The molecule has 1 atom stereocenters. The molecule has 0 heterocycles. The Balaban J connectivity index is 2.18. The highest BCUT2D eigenvalue weighted by Gasteiger charge is 2.23. The molecule has 0 aliphatic heterocycles. The molecular weight excluding hydrogens is 320 g/mol. The summed E-state index contributed by atoms with van der Waals surface area (Å²) in [7, 11) is 2.81. The Morgan fingerprint density at radius 3 is 2.40 bits per heavy atom. The van der Waals surface area contributed by atoms with E-state index in [1.807, 2.05) is 24.3 Å². The smallest absolute Gasteiger partial charge is 0.328 e. The van der Waals surface area contributed by atoms with E-state index in [0.717, 1.165) is 5.56 Å². The average Bonchev–Trinajstić information content (AvgIpc) is 2.67. The zero-order chi connectivity index (χ0) is 18.2. The van der Waals surface area contributed by atoms with E-state index >= 15 is 0 Å². The molecule has 1 N–H and O–H groups in total. The maximum absolute atomic E-state index is 12.4. The van der Waals surface area contributed by atoms with Crippen LogP contribution >= 0.6 is 0 Å². The van der Waals surface area contributed by atoms with Gasteiger partial charge in [-0.25, -0.2) is 4.79 Å². The van der Waals surface area contributed by atoms with Crippen molar-refractivity contribution in [2.45, 2.75) is 12.5 Å². The van der Waals surface area contributed by atoms with Crippen molar-refractivity contribution < 1.29 is 19.1 Å². The van der Waals surface area contributed by atoms with Gasteiger partial charge in [-0.05, 0) is 35.9 Å². The molecule has 6 nitrogen and oxygen atoms in total. The first kappa shape index (κ1) is 18.0. The largest absolute Gasteiger partial charge is 0.496 e. The Hall–Kier alpha value is -3.33. The number of hydrogen-bond donors (Lipinski definition) is 1. The van der Waals surface area contributed by atoms with Gasteiger partial charge >= 0.3 is 5.97 Å². The van der Waals surface area contributed by atoms with E-state index in [9.17, 15) is 9.59 Å². The molecule has 2 rings (SSSR count). The highest BCUT2D eigenvalue weighted by Crippen LogP contribution is 2.19. The van der Waals surface area contributed by atoms with Gasteiger partial charge in [0.15, 0.2) is 0 Å². The quantitative estimate of drug-likeness (QED) is 0.815. The highest BCUT2D eigenvalue weighted by atomic mass is 16.5. The Morgan fingerprint density at radius 2 is 1.80 bits per heavy atom. The van der Waals surface area contributed by atoms with E-state index in [-0.39, 0.29) is 6.42 Å². The maximum Gasteiger partial charge on any atom is 0.328 e. The summed E-state index contributed by atoms with van der Waals surface area (Å²) in [6.07, 6.45) is 0.235. The molecule has 6 heteroatoms. The van der Waals surface area contributed by atoms with Gasteiger partial charge < -0.3 is 14.8 Å². The molecule has 0 aromatic heterocycles. The number of hydrogen-bond acceptors (Lipinski definition) is 5. The van der Waals surface area contributed by atoms with Crippen LogP contribution in [0.1, 0.15) is 21.5 Å². The molecule has 0 spiro atoms. The molecule has 0 aliphatic carbocycles. The maximum atomic E-state index is 12.4. The zero-order valence-corrected chi connectivity index (χ0v) is 14.0. The molecule has 0 bridgehead atoms. The normalized spacial score (nSPS) is 11.1. The Labute approximate surface area is 146 Å². The van der Waals surface area contributed by atoms with Crippen LogP contribution < -0.4 is 10.1 Å². The van der Waals surface area contributed by atoms with Crippen LogP contribution in [0.3, 0.4) is 0 Å². The topological polar surface area (TPSA) is 88.4 Å². The van der Waals surface area contributed by atoms with E-state index in [2.05, 4.69) is 5.32 Å². The number of para-hydroxylation sites is 1. The summed E-state index contributed by atoms with van der Waals surface area (Å²) >= 11 is 0. The standard InChI is InChI=1S/C19H18N2O4/c1-24-17-6-4-3-5-15(17)11-16(19(23)25-2)21-18(22)14-9-7-13(12-20)8-10-14/h3-10,16H,11H2,1-2H3,(H,21,22)/t16-/m1/s1. The van der Waals surface area contributed by atoms with Crippen molar-refractivity contribution in [3.63, 3.8) is 0 Å². The van der Waals surface area contributed by atoms with Gasteiger partial charge in [-0.3, -0.25) is 4.79 Å². The van der Waals surface area contributed by atoms with Gasteiger partial charge in [0.05, 0.1) is 25.9 Å². The second-order valence-electron chi connectivity index (χ2n) is 5.25. The van der Waals surface area contributed by atoms with Crippen molar-refractivity contribution in [3.05, 3.63) is 65.2 Å². The number of carbonyl (C=O) groups is 2. The fraction of sp³-hybridized carbons (Fsp3) is 0.211. The van der Waals surface area contributed by atoms with Crippen LogP contribution in [-0.2, 0) is 16.0 Å². The number of benzene rings is 2. The first-order valence-corrected chi connectivity index (χ1v) is 7.59. The van der Waals surface area contributed by atoms with Crippen molar-refractivity contribution >= 4 is 11.9 Å². The molecule has 2 aromatic rings. The van der Waals surface area contributed by atoms with Gasteiger partial charge in [0, 0.05) is 12.0 Å². The van der Waals surface area contributed by atoms with Crippen LogP contribution in [0, 0.1) is 11.3 Å². The predicted octanol–water partition coefficient (Wildman–Crippen LogP) is 2.08. The highest BCUT2D eigenvalue weighted by molar-refractivity contribution is 5.96. The second-order valence-corrected chi connectivity index (χ2v) is 5.25. The Kier molecular flexibility index (Phi) is 6.13. The van der Waals surface area contributed by atoms with Crippen molar-refractivity contribution in [2.24, 2.45) is 0 Å². The molecule has 0 radical (unpaired) electrons. The molecule has 128 valence electrons. The summed E-state index contributed by atoms with van der Waals surface area (Å²) in [5.41, 5.74) is 1.59. The average molecular weight is 338 g/mol. The molecule has 2 aromatic carbocycles. The number of amides is 1. The van der Waals surface area contributed by atoms with Crippen LogP contribution in [0.4, 0.5) is 0 Å². The number of nitrogens with one attached hydrogen (secondary N) is 1. The fourth-order valence-electron chi connectivity index (χ4n) is 2.36. The monoisotopic (exact) mass is 338 g/mol. The number of nitrogens with zero attached hydrogens (tertiary/aromatic N) is 1. The molecule has 0 saturated heterocycles. The van der Waals surface area contributed by atoms with Crippen molar-refractivity contribution in [2.75, 3.05) is 14.2 Å². The Morgan fingerprint density at radius 1 is 1.12 bits per heavy atom. The van der Waals surface area contributed by atoms with Crippen LogP contribution in [0.5, 0.6) is 5.75 Å². The van der Waals surface area contributed by atoms with E-state index in [0.29, 0.717) is 16.9 Å². The summed E-state index contributed by atoms with van der Waals surface area (Å²) in [6.45, 7) is 0. The molecule has 0 fully saturated rings. The van der Waals surface area contributed by atoms with Gasteiger partial charge in [0.1, 0.15) is 11.8 Å². The van der Waals surface area contributed by atoms with Gasteiger partial charge in [-0.1, -0.05) is 18.2 Å². The summed E-state index contributed by atoms with van der Waals surface area (Å²) in [5.74, 6) is -0.341. The third-order valence-corrected chi connectivity index (χ3v) is 3.68. The molecule has 25 heavy (non-hydrogen) atoms. The van der Waals surface area contributed by atoms with Gasteiger partial charge in [-0.2, -0.15) is 5.26 Å². The van der Waals surface area contributed by atoms with E-state index in [1.165, 1.54) is 19.2 Å². The number of nitriles is 1. The molecule has 0 saturated carbocycles. The summed E-state index contributed by atoms with van der Waals surface area (Å²) in [5, 5.41) is 11.5. The zero-order valence-electron chi connectivity index (χ0n) is 14.0. The minimum Gasteiger partial charge on any atom is -0.496 e. The minimum atomic E-state index is -0.857. The van der Waals surface area contributed by atoms with E-state index in [1.54, 1.807) is 25.3 Å². The summed E-state index contributed by atoms with van der Waals surface area (Å²) in [4.78, 5) is 24.4.